The van der Waals surface area contributed by atoms with Gasteiger partial charge in [0.1, 0.15) is 13.2 Å². The minimum Gasteiger partial charge on any atom is -0.387 e. The fourth-order valence-electron chi connectivity index (χ4n) is 5.32. The number of ether oxygens (including phenoxy) is 1. The summed E-state index contributed by atoms with van der Waals surface area (Å²) in [5, 5.41) is 13.7. The van der Waals surface area contributed by atoms with Gasteiger partial charge in [-0.1, -0.05) is 113 Å². The van der Waals surface area contributed by atoms with E-state index in [1.165, 1.54) is 57.8 Å². The van der Waals surface area contributed by atoms with Crippen LogP contribution in [0.5, 0.6) is 0 Å². The van der Waals surface area contributed by atoms with Gasteiger partial charge in [-0.25, -0.2) is 4.57 Å². The number of epoxide rings is 1. The number of rotatable bonds is 33. The lowest BCUT2D eigenvalue weighted by molar-refractivity contribution is -0.870. The molecule has 0 radical (unpaired) electrons. The van der Waals surface area contributed by atoms with Crippen LogP contribution < -0.4 is 5.32 Å². The van der Waals surface area contributed by atoms with E-state index in [9.17, 15) is 19.4 Å². The predicted octanol–water partition coefficient (Wildman–Crippen LogP) is 9.28. The van der Waals surface area contributed by atoms with Crippen molar-refractivity contribution in [3.05, 3.63) is 60.8 Å². The minimum atomic E-state index is -4.36. The van der Waals surface area contributed by atoms with Crippen LogP contribution in [0.15, 0.2) is 60.8 Å². The van der Waals surface area contributed by atoms with E-state index in [0.717, 1.165) is 44.9 Å². The highest BCUT2D eigenvalue weighted by molar-refractivity contribution is 7.47. The van der Waals surface area contributed by atoms with Crippen molar-refractivity contribution in [2.24, 2.45) is 0 Å². The molecule has 3 N–H and O–H groups in total. The van der Waals surface area contributed by atoms with Gasteiger partial charge in [-0.2, -0.15) is 0 Å². The molecule has 10 heteroatoms. The third-order valence-corrected chi connectivity index (χ3v) is 9.62. The molecule has 1 saturated heterocycles. The van der Waals surface area contributed by atoms with Gasteiger partial charge < -0.3 is 24.5 Å². The van der Waals surface area contributed by atoms with E-state index < -0.39 is 20.0 Å². The number of aliphatic hydroxyl groups is 1. The SMILES string of the molecule is CCCCC/C=C\C/C=C\C/C=C\CC1OC1CCCC(=O)N[C@@H](COP(=O)(O)OCC[N+](C)(C)C)[C@H](O)/C=C/CC/C=C\CCCCCCC. The summed E-state index contributed by atoms with van der Waals surface area (Å²) < 4.78 is 29.2. The van der Waals surface area contributed by atoms with Gasteiger partial charge in [0.2, 0.25) is 5.91 Å². The van der Waals surface area contributed by atoms with E-state index in [1.807, 2.05) is 27.2 Å². The van der Waals surface area contributed by atoms with E-state index in [0.29, 0.717) is 17.4 Å². The molecule has 0 saturated carbocycles. The summed E-state index contributed by atoms with van der Waals surface area (Å²) >= 11 is 0. The standard InChI is InChI=1S/C41H73N2O7P/c1-6-8-10-12-14-16-18-20-22-24-26-28-31-39-40(50-39)32-29-33-41(45)42-37(36-49-51(46,47)48-35-34-43(3,4)5)38(44)30-27-25-23-21-19-17-15-13-11-9-7-2/h14,16,19-22,26-28,30,37-40,44H,6-13,15,17-18,23-25,29,31-36H2,1-5H3,(H-,42,45,46,47)/p+1/b16-14-,21-19-,22-20-,28-26-,30-27+/t37-,38+,39?,40?/m0/s1. The topological polar surface area (TPSA) is 118 Å². The number of quaternary nitrogens is 1. The van der Waals surface area contributed by atoms with Crippen molar-refractivity contribution in [3.8, 4) is 0 Å². The second kappa shape index (κ2) is 29.6. The van der Waals surface area contributed by atoms with Crippen LogP contribution in [0.1, 0.15) is 129 Å². The Morgan fingerprint density at radius 2 is 1.37 bits per heavy atom. The summed E-state index contributed by atoms with van der Waals surface area (Å²) in [6.07, 6.45) is 38.8. The number of phosphoric ester groups is 1. The highest BCUT2D eigenvalue weighted by Crippen LogP contribution is 2.43. The van der Waals surface area contributed by atoms with E-state index in [4.69, 9.17) is 13.8 Å². The molecule has 0 aromatic heterocycles. The van der Waals surface area contributed by atoms with Gasteiger partial charge in [0, 0.05) is 6.42 Å². The minimum absolute atomic E-state index is 0.0389. The number of carbonyl (C=O) groups excluding carboxylic acids is 1. The molecule has 0 spiro atoms. The maximum absolute atomic E-state index is 12.9. The van der Waals surface area contributed by atoms with E-state index in [2.05, 4.69) is 67.8 Å². The second-order valence-electron chi connectivity index (χ2n) is 14.7. The van der Waals surface area contributed by atoms with Gasteiger partial charge in [0.05, 0.1) is 52.1 Å². The van der Waals surface area contributed by atoms with Gasteiger partial charge in [0.25, 0.3) is 0 Å². The maximum atomic E-state index is 12.9. The number of hydrogen-bond acceptors (Lipinski definition) is 6. The van der Waals surface area contributed by atoms with Crippen LogP contribution in [0.2, 0.25) is 0 Å². The van der Waals surface area contributed by atoms with Crippen molar-refractivity contribution in [1.29, 1.82) is 0 Å². The number of likely N-dealkylation sites (N-methyl/N-ethyl adjacent to an activating group) is 1. The van der Waals surface area contributed by atoms with Crippen LogP contribution in [0, 0.1) is 0 Å². The quantitative estimate of drug-likeness (QED) is 0.0202. The molecule has 1 fully saturated rings. The van der Waals surface area contributed by atoms with Gasteiger partial charge in [-0.05, 0) is 70.6 Å². The molecule has 1 aliphatic rings. The molecule has 51 heavy (non-hydrogen) atoms. The Kier molecular flexibility index (Phi) is 27.4. The Hall–Kier alpha value is -1.84. The molecule has 0 bridgehead atoms. The van der Waals surface area contributed by atoms with Gasteiger partial charge in [-0.15, -0.1) is 0 Å². The Bertz CT molecular complexity index is 1080. The largest absolute Gasteiger partial charge is 0.472 e. The van der Waals surface area contributed by atoms with Gasteiger partial charge in [0.15, 0.2) is 0 Å². The molecule has 0 aromatic rings. The number of nitrogens with one attached hydrogen (secondary N) is 1. The van der Waals surface area contributed by atoms with Crippen LogP contribution in [0.3, 0.4) is 0 Å². The summed E-state index contributed by atoms with van der Waals surface area (Å²) in [6, 6.07) is -0.902. The molecule has 0 aromatic carbocycles. The Morgan fingerprint density at radius 3 is 2.08 bits per heavy atom. The number of aliphatic hydroxyl groups excluding tert-OH is 1. The lowest BCUT2D eigenvalue weighted by atomic mass is 10.1. The van der Waals surface area contributed by atoms with Crippen LogP contribution in [0.4, 0.5) is 0 Å². The van der Waals surface area contributed by atoms with Gasteiger partial charge >= 0.3 is 7.82 Å². The lowest BCUT2D eigenvalue weighted by Gasteiger charge is -2.25. The lowest BCUT2D eigenvalue weighted by Crippen LogP contribution is -2.45. The normalized spacial score (nSPS) is 19.2. The highest BCUT2D eigenvalue weighted by atomic mass is 31.2. The van der Waals surface area contributed by atoms with E-state index >= 15 is 0 Å². The van der Waals surface area contributed by atoms with Crippen LogP contribution in [0.25, 0.3) is 0 Å². The highest BCUT2D eigenvalue weighted by Gasteiger charge is 2.36. The van der Waals surface area contributed by atoms with Crippen molar-refractivity contribution in [2.75, 3.05) is 40.9 Å². The van der Waals surface area contributed by atoms with E-state index in [1.54, 1.807) is 6.08 Å². The monoisotopic (exact) mass is 738 g/mol. The number of nitrogens with zero attached hydrogens (tertiary/aromatic N) is 1. The first-order chi connectivity index (χ1) is 24.5. The Balaban J connectivity index is 2.46. The molecule has 5 atom stereocenters. The summed E-state index contributed by atoms with van der Waals surface area (Å²) in [5.41, 5.74) is 0. The fourth-order valence-corrected chi connectivity index (χ4v) is 6.05. The molecular weight excluding hydrogens is 663 g/mol. The number of allylic oxidation sites excluding steroid dienone is 8. The number of amides is 1. The van der Waals surface area contributed by atoms with Crippen molar-refractivity contribution >= 4 is 13.7 Å². The molecule has 0 aliphatic carbocycles. The molecule has 1 rings (SSSR count). The molecular formula is C41H74N2O7P+. The Labute approximate surface area is 311 Å². The number of unbranched alkanes of at least 4 members (excludes halogenated alkanes) is 9. The smallest absolute Gasteiger partial charge is 0.387 e. The first-order valence-corrected chi connectivity index (χ1v) is 21.3. The Morgan fingerprint density at radius 1 is 0.784 bits per heavy atom. The number of hydrogen-bond donors (Lipinski definition) is 3. The second-order valence-corrected chi connectivity index (χ2v) is 16.1. The van der Waals surface area contributed by atoms with Gasteiger partial charge in [-0.3, -0.25) is 13.8 Å². The zero-order chi connectivity index (χ0) is 37.6. The zero-order valence-corrected chi connectivity index (χ0v) is 33.7. The van der Waals surface area contributed by atoms with Crippen molar-refractivity contribution in [2.45, 2.75) is 154 Å². The predicted molar refractivity (Wildman–Crippen MR) is 211 cm³/mol. The first kappa shape index (κ1) is 47.2. The average molecular weight is 738 g/mol. The van der Waals surface area contributed by atoms with Crippen molar-refractivity contribution in [3.63, 3.8) is 0 Å². The van der Waals surface area contributed by atoms with Crippen molar-refractivity contribution in [1.82, 2.24) is 5.32 Å². The fraction of sp³-hybridized carbons (Fsp3) is 0.732. The molecule has 3 unspecified atom stereocenters. The molecule has 1 aliphatic heterocycles. The van der Waals surface area contributed by atoms with Crippen LogP contribution in [-0.4, -0.2) is 85.6 Å². The molecule has 1 amide bonds. The van der Waals surface area contributed by atoms with Crippen molar-refractivity contribution < 1.29 is 37.6 Å². The summed E-state index contributed by atoms with van der Waals surface area (Å²) in [7, 11) is 1.49. The zero-order valence-electron chi connectivity index (χ0n) is 32.8. The first-order valence-electron chi connectivity index (χ1n) is 19.8. The maximum Gasteiger partial charge on any atom is 0.472 e. The van der Waals surface area contributed by atoms with Crippen LogP contribution in [-0.2, 0) is 23.1 Å². The third-order valence-electron chi connectivity index (χ3n) is 8.63. The van der Waals surface area contributed by atoms with E-state index in [-0.39, 0.29) is 37.7 Å². The number of phosphoric acid groups is 1. The molecule has 294 valence electrons. The average Bonchev–Trinajstić information content (AvgIpc) is 3.82. The number of carbonyl (C=O) groups is 1. The molecule has 9 nitrogen and oxygen atoms in total. The summed E-state index contributed by atoms with van der Waals surface area (Å²) in [4.78, 5) is 23.1. The summed E-state index contributed by atoms with van der Waals surface area (Å²) in [5.74, 6) is -0.253. The molecule has 1 heterocycles. The third kappa shape index (κ3) is 29.3. The summed E-state index contributed by atoms with van der Waals surface area (Å²) in [6.45, 7) is 4.64. The van der Waals surface area contributed by atoms with Crippen LogP contribution >= 0.6 is 7.82 Å².